The topological polar surface area (TPSA) is 56.8 Å². The molecule has 0 rings (SSSR count). The molecule has 0 saturated heterocycles. The van der Waals surface area contributed by atoms with Gasteiger partial charge >= 0.3 is 22.9 Å². The normalized spacial score (nSPS) is 10.3. The molecule has 0 aromatic heterocycles. The molecule has 0 heterocycles. The van der Waals surface area contributed by atoms with Crippen LogP contribution in [0, 0.1) is 0 Å². The molecule has 0 saturated carbocycles. The van der Waals surface area contributed by atoms with Crippen LogP contribution in [0.1, 0.15) is 12.8 Å². The van der Waals surface area contributed by atoms with Crippen molar-refractivity contribution in [3.63, 3.8) is 0 Å². The van der Waals surface area contributed by atoms with Crippen LogP contribution >= 0.6 is 0 Å². The molecule has 1 amide bonds. The molecule has 90 valence electrons. The van der Waals surface area contributed by atoms with Crippen molar-refractivity contribution in [3.05, 3.63) is 0 Å². The van der Waals surface area contributed by atoms with Crippen LogP contribution in [-0.4, -0.2) is 46.1 Å². The third-order valence-corrected chi connectivity index (χ3v) is 2.21. The van der Waals surface area contributed by atoms with Crippen LogP contribution in [0.25, 0.3) is 0 Å². The van der Waals surface area contributed by atoms with Gasteiger partial charge in [0.05, 0.1) is 0 Å². The molecule has 0 aliphatic rings. The highest BCUT2D eigenvalue weighted by molar-refractivity contribution is 5.75. The van der Waals surface area contributed by atoms with E-state index < -0.39 is 0 Å². The number of carbonyl (C=O) groups excluding carboxylic acids is 1. The van der Waals surface area contributed by atoms with E-state index in [1.54, 1.807) is 7.11 Å². The van der Waals surface area contributed by atoms with E-state index in [0.717, 1.165) is 19.4 Å². The van der Waals surface area contributed by atoms with E-state index in [1.165, 1.54) is 22.9 Å². The van der Waals surface area contributed by atoms with Crippen molar-refractivity contribution < 1.29 is 41.9 Å². The molecule has 0 bridgehead atoms. The molecule has 0 aliphatic carbocycles. The lowest BCUT2D eigenvalue weighted by Gasteiger charge is -2.04. The van der Waals surface area contributed by atoms with Crippen molar-refractivity contribution in [2.24, 2.45) is 0 Å². The second-order valence-corrected chi connectivity index (χ2v) is 3.47. The minimum atomic E-state index is -0.0965. The number of amides is 1. The quantitative estimate of drug-likeness (QED) is 0.260. The number of halogens is 1. The average molecular weight is 332 g/mol. The van der Waals surface area contributed by atoms with E-state index in [4.69, 9.17) is 14.2 Å². The lowest BCUT2D eigenvalue weighted by molar-refractivity contribution is -0.427. The molecule has 6 heteroatoms. The zero-order valence-corrected chi connectivity index (χ0v) is 11.3. The fourth-order valence-corrected chi connectivity index (χ4v) is 1.03. The minimum absolute atomic E-state index is 0.0965. The fraction of sp³-hybridized carbons (Fsp3) is 0.889. The summed E-state index contributed by atoms with van der Waals surface area (Å²) < 4.78 is 17.8. The standard InChI is InChI=1S/C9H18INO4/c1-13-4-2-5-14-6-3-7-15-8-9(12)11-10/h10H,2-8H2,1H3/p+1. The highest BCUT2D eigenvalue weighted by Gasteiger charge is 2.01. The summed E-state index contributed by atoms with van der Waals surface area (Å²) in [6, 6.07) is 0. The van der Waals surface area contributed by atoms with Crippen LogP contribution in [0.2, 0.25) is 0 Å². The van der Waals surface area contributed by atoms with Crippen LogP contribution in [0.4, 0.5) is 0 Å². The Bertz CT molecular complexity index is 157. The van der Waals surface area contributed by atoms with Gasteiger partial charge in [-0.3, -0.25) is 4.79 Å². The molecule has 0 fully saturated rings. The highest BCUT2D eigenvalue weighted by atomic mass is 127. The Morgan fingerprint density at radius 2 is 1.73 bits per heavy atom. The molecule has 0 atom stereocenters. The van der Waals surface area contributed by atoms with Gasteiger partial charge in [0.15, 0.2) is 0 Å². The Kier molecular flexibility index (Phi) is 12.2. The first kappa shape index (κ1) is 15.1. The fourth-order valence-electron chi connectivity index (χ4n) is 0.865. The van der Waals surface area contributed by atoms with Crippen molar-refractivity contribution in [2.45, 2.75) is 12.8 Å². The molecular formula is C9H19INO4+. The van der Waals surface area contributed by atoms with Gasteiger partial charge in [-0.1, -0.05) is 0 Å². The summed E-state index contributed by atoms with van der Waals surface area (Å²) in [6.45, 7) is 2.79. The first-order chi connectivity index (χ1) is 7.31. The van der Waals surface area contributed by atoms with Gasteiger partial charge < -0.3 is 14.2 Å². The number of ether oxygens (including phenoxy) is 3. The van der Waals surface area contributed by atoms with E-state index in [1.807, 2.05) is 0 Å². The zero-order valence-electron chi connectivity index (χ0n) is 8.99. The molecule has 1 N–H and O–H groups in total. The number of methoxy groups -OCH3 is 1. The summed E-state index contributed by atoms with van der Waals surface area (Å²) in [6.07, 6.45) is 1.72. The Labute approximate surface area is 104 Å². The summed E-state index contributed by atoms with van der Waals surface area (Å²) in [7, 11) is 1.67. The van der Waals surface area contributed by atoms with E-state index in [9.17, 15) is 4.79 Å². The van der Waals surface area contributed by atoms with Crippen LogP contribution in [0.3, 0.4) is 0 Å². The van der Waals surface area contributed by atoms with E-state index in [0.29, 0.717) is 19.8 Å². The largest absolute Gasteiger partial charge is 0.404 e. The molecule has 0 radical (unpaired) electrons. The Balaban J connectivity index is 2.95. The summed E-state index contributed by atoms with van der Waals surface area (Å²) in [5.74, 6) is -0.0965. The summed E-state index contributed by atoms with van der Waals surface area (Å²) in [5, 5.41) is 0. The third-order valence-electron chi connectivity index (χ3n) is 1.56. The summed E-state index contributed by atoms with van der Waals surface area (Å²) in [4.78, 5) is 10.7. The summed E-state index contributed by atoms with van der Waals surface area (Å²) >= 11 is 1.52. The second-order valence-electron chi connectivity index (χ2n) is 2.89. The Morgan fingerprint density at radius 3 is 2.33 bits per heavy atom. The number of rotatable bonds is 10. The predicted molar refractivity (Wildman–Crippen MR) is 52.3 cm³/mol. The van der Waals surface area contributed by atoms with Gasteiger partial charge in [0.2, 0.25) is 0 Å². The molecule has 0 aromatic carbocycles. The minimum Gasteiger partial charge on any atom is -0.385 e. The maximum absolute atomic E-state index is 10.7. The number of carbonyl (C=O) groups is 1. The third kappa shape index (κ3) is 12.0. The molecule has 0 unspecified atom stereocenters. The van der Waals surface area contributed by atoms with Gasteiger partial charge in [0, 0.05) is 33.5 Å². The first-order valence-corrected chi connectivity index (χ1v) is 6.03. The molecule has 0 aliphatic heterocycles. The van der Waals surface area contributed by atoms with Crippen LogP contribution in [0.15, 0.2) is 0 Å². The zero-order chi connectivity index (χ0) is 11.4. The smallest absolute Gasteiger partial charge is 0.385 e. The Morgan fingerprint density at radius 1 is 1.13 bits per heavy atom. The van der Waals surface area contributed by atoms with Crippen molar-refractivity contribution in [1.29, 1.82) is 0 Å². The van der Waals surface area contributed by atoms with Crippen LogP contribution < -0.4 is 26.4 Å². The average Bonchev–Trinajstić information content (AvgIpc) is 2.26. The van der Waals surface area contributed by atoms with Gasteiger partial charge in [-0.2, -0.15) is 0 Å². The SMILES string of the molecule is COCCCOCCCOCC(=O)N[IH+]. The van der Waals surface area contributed by atoms with Crippen molar-refractivity contribution in [1.82, 2.24) is 3.53 Å². The lowest BCUT2D eigenvalue weighted by Crippen LogP contribution is -3.42. The van der Waals surface area contributed by atoms with Gasteiger partial charge in [-0.15, -0.1) is 3.53 Å². The first-order valence-electron chi connectivity index (χ1n) is 4.86. The van der Waals surface area contributed by atoms with Crippen molar-refractivity contribution >= 4 is 5.91 Å². The number of hydrogen-bond acceptors (Lipinski definition) is 4. The van der Waals surface area contributed by atoms with Gasteiger partial charge in [-0.05, 0) is 12.8 Å². The molecule has 0 spiro atoms. The van der Waals surface area contributed by atoms with Crippen molar-refractivity contribution in [2.75, 3.05) is 40.1 Å². The lowest BCUT2D eigenvalue weighted by atomic mass is 10.4. The van der Waals surface area contributed by atoms with Gasteiger partial charge in [0.1, 0.15) is 6.61 Å². The van der Waals surface area contributed by atoms with E-state index >= 15 is 0 Å². The number of hydrogen-bond donors (Lipinski definition) is 1. The van der Waals surface area contributed by atoms with Gasteiger partial charge in [0.25, 0.3) is 5.91 Å². The molecular weight excluding hydrogens is 313 g/mol. The van der Waals surface area contributed by atoms with E-state index in [2.05, 4.69) is 3.53 Å². The highest BCUT2D eigenvalue weighted by Crippen LogP contribution is 1.88. The monoisotopic (exact) mass is 332 g/mol. The second kappa shape index (κ2) is 12.2. The molecule has 0 aromatic rings. The predicted octanol–water partition coefficient (Wildman–Crippen LogP) is -3.24. The van der Waals surface area contributed by atoms with Crippen molar-refractivity contribution in [3.8, 4) is 0 Å². The Hall–Kier alpha value is 0.0800. The maximum atomic E-state index is 10.7. The molecule has 15 heavy (non-hydrogen) atoms. The van der Waals surface area contributed by atoms with Gasteiger partial charge in [-0.25, -0.2) is 0 Å². The molecule has 5 nitrogen and oxygen atoms in total. The van der Waals surface area contributed by atoms with E-state index in [-0.39, 0.29) is 12.5 Å². The number of nitrogens with one attached hydrogen (secondary N) is 1. The summed E-state index contributed by atoms with van der Waals surface area (Å²) in [5.41, 5.74) is 0. The van der Waals surface area contributed by atoms with Crippen LogP contribution in [-0.2, 0) is 19.0 Å². The van der Waals surface area contributed by atoms with Crippen LogP contribution in [0.5, 0.6) is 0 Å². The maximum Gasteiger partial charge on any atom is 0.404 e.